The first kappa shape index (κ1) is 11.9. The average Bonchev–Trinajstić information content (AvgIpc) is 2.71. The molecule has 1 aromatic carbocycles. The van der Waals surface area contributed by atoms with Gasteiger partial charge in [0.25, 0.3) is 0 Å². The zero-order valence-electron chi connectivity index (χ0n) is 8.32. The van der Waals surface area contributed by atoms with Gasteiger partial charge >= 0.3 is 0 Å². The van der Waals surface area contributed by atoms with E-state index in [1.807, 2.05) is 0 Å². The molecule has 2 aromatic rings. The first-order chi connectivity index (χ1) is 7.99. The number of halogens is 3. The second kappa shape index (κ2) is 4.34. The van der Waals surface area contributed by atoms with E-state index in [0.717, 1.165) is 23.5 Å². The third-order valence-electron chi connectivity index (χ3n) is 2.13. The Morgan fingerprint density at radius 2 is 1.82 bits per heavy atom. The third kappa shape index (κ3) is 2.25. The van der Waals surface area contributed by atoms with Crippen molar-refractivity contribution in [3.05, 3.63) is 46.2 Å². The monoisotopic (exact) mass is 260 g/mol. The Hall–Kier alpha value is -1.60. The number of thiazole rings is 1. The molecule has 0 spiro atoms. The van der Waals surface area contributed by atoms with Gasteiger partial charge in [-0.05, 0) is 17.7 Å². The van der Waals surface area contributed by atoms with Crippen LogP contribution in [0.2, 0.25) is 0 Å². The first-order valence-electron chi connectivity index (χ1n) is 4.52. The van der Waals surface area contributed by atoms with Crippen LogP contribution in [0.15, 0.2) is 18.3 Å². The minimum Gasteiger partial charge on any atom is -0.383 e. The lowest BCUT2D eigenvalue weighted by atomic mass is 10.1. The van der Waals surface area contributed by atoms with E-state index in [1.165, 1.54) is 6.20 Å². The van der Waals surface area contributed by atoms with Crippen LogP contribution in [0.1, 0.15) is 16.5 Å². The number of hydrogen-bond donors (Lipinski definition) is 2. The van der Waals surface area contributed by atoms with Crippen LogP contribution < -0.4 is 5.73 Å². The molecule has 2 rings (SSSR count). The van der Waals surface area contributed by atoms with Crippen molar-refractivity contribution >= 4 is 16.5 Å². The van der Waals surface area contributed by atoms with Crippen LogP contribution >= 0.6 is 11.3 Å². The lowest BCUT2D eigenvalue weighted by molar-refractivity contribution is 0.222. The van der Waals surface area contributed by atoms with E-state index in [2.05, 4.69) is 4.98 Å². The van der Waals surface area contributed by atoms with Gasteiger partial charge in [0.15, 0.2) is 22.6 Å². The van der Waals surface area contributed by atoms with Crippen LogP contribution in [-0.4, -0.2) is 10.1 Å². The molecule has 0 saturated heterocycles. The van der Waals surface area contributed by atoms with Gasteiger partial charge in [0.05, 0.1) is 4.88 Å². The summed E-state index contributed by atoms with van der Waals surface area (Å²) in [6.07, 6.45) is 0.0125. The molecule has 0 aliphatic carbocycles. The van der Waals surface area contributed by atoms with Gasteiger partial charge in [0.1, 0.15) is 6.10 Å². The number of rotatable bonds is 2. The second-order valence-electron chi connectivity index (χ2n) is 3.30. The highest BCUT2D eigenvalue weighted by Gasteiger charge is 2.18. The molecule has 0 radical (unpaired) electrons. The molecule has 3 nitrogen and oxygen atoms in total. The van der Waals surface area contributed by atoms with Gasteiger partial charge in [0, 0.05) is 6.20 Å². The summed E-state index contributed by atoms with van der Waals surface area (Å²) < 4.78 is 38.6. The van der Waals surface area contributed by atoms with E-state index in [4.69, 9.17) is 5.73 Å². The maximum Gasteiger partial charge on any atom is 0.194 e. The maximum absolute atomic E-state index is 13.0. The van der Waals surface area contributed by atoms with Crippen LogP contribution in [0.25, 0.3) is 0 Å². The van der Waals surface area contributed by atoms with Crippen LogP contribution in [0, 0.1) is 17.5 Å². The molecule has 0 saturated carbocycles. The van der Waals surface area contributed by atoms with Crippen molar-refractivity contribution in [3.63, 3.8) is 0 Å². The molecule has 0 aliphatic heterocycles. The number of aromatic nitrogens is 1. The minimum absolute atomic E-state index is 0.0925. The van der Waals surface area contributed by atoms with E-state index in [9.17, 15) is 18.3 Å². The van der Waals surface area contributed by atoms with Gasteiger partial charge in [-0.15, -0.1) is 0 Å². The normalized spacial score (nSPS) is 12.7. The maximum atomic E-state index is 13.0. The fourth-order valence-electron chi connectivity index (χ4n) is 1.32. The second-order valence-corrected chi connectivity index (χ2v) is 4.40. The Morgan fingerprint density at radius 3 is 2.29 bits per heavy atom. The Morgan fingerprint density at radius 1 is 1.24 bits per heavy atom. The predicted octanol–water partition coefficient (Wildman–Crippen LogP) is 2.22. The highest BCUT2D eigenvalue weighted by Crippen LogP contribution is 2.29. The zero-order valence-corrected chi connectivity index (χ0v) is 9.14. The third-order valence-corrected chi connectivity index (χ3v) is 3.01. The topological polar surface area (TPSA) is 59.1 Å². The van der Waals surface area contributed by atoms with Crippen LogP contribution in [0.5, 0.6) is 0 Å². The van der Waals surface area contributed by atoms with E-state index in [0.29, 0.717) is 4.88 Å². The molecule has 1 aromatic heterocycles. The summed E-state index contributed by atoms with van der Waals surface area (Å²) in [6.45, 7) is 0. The fraction of sp³-hybridized carbons (Fsp3) is 0.100. The number of benzene rings is 1. The van der Waals surface area contributed by atoms with Crippen molar-refractivity contribution in [1.29, 1.82) is 0 Å². The van der Waals surface area contributed by atoms with Gasteiger partial charge in [-0.25, -0.2) is 18.2 Å². The molecule has 1 heterocycles. The molecular formula is C10H7F3N2OS. The van der Waals surface area contributed by atoms with Crippen molar-refractivity contribution < 1.29 is 18.3 Å². The molecule has 17 heavy (non-hydrogen) atoms. The Kier molecular flexibility index (Phi) is 3.03. The van der Waals surface area contributed by atoms with Crippen LogP contribution in [-0.2, 0) is 0 Å². The largest absolute Gasteiger partial charge is 0.383 e. The van der Waals surface area contributed by atoms with Crippen LogP contribution in [0.3, 0.4) is 0 Å². The summed E-state index contributed by atoms with van der Waals surface area (Å²) >= 11 is 0.985. The van der Waals surface area contributed by atoms with E-state index < -0.39 is 23.6 Å². The molecule has 90 valence electrons. The van der Waals surface area contributed by atoms with Crippen LogP contribution in [0.4, 0.5) is 18.3 Å². The van der Waals surface area contributed by atoms with Gasteiger partial charge in [0.2, 0.25) is 0 Å². The number of aliphatic hydroxyl groups is 1. The molecule has 0 amide bonds. The van der Waals surface area contributed by atoms with Crippen molar-refractivity contribution in [3.8, 4) is 0 Å². The quantitative estimate of drug-likeness (QED) is 0.814. The summed E-state index contributed by atoms with van der Waals surface area (Å²) in [7, 11) is 0. The summed E-state index contributed by atoms with van der Waals surface area (Å²) in [6, 6.07) is 1.47. The van der Waals surface area contributed by atoms with Crippen molar-refractivity contribution in [2.75, 3.05) is 5.73 Å². The molecule has 0 aliphatic rings. The number of aliphatic hydroxyl groups excluding tert-OH is 1. The number of nitrogens with zero attached hydrogens (tertiary/aromatic N) is 1. The number of nitrogen functional groups attached to an aromatic ring is 1. The summed E-state index contributed by atoms with van der Waals surface area (Å²) in [5.41, 5.74) is 5.27. The molecule has 1 unspecified atom stereocenters. The molecule has 0 fully saturated rings. The van der Waals surface area contributed by atoms with E-state index in [-0.39, 0.29) is 10.7 Å². The molecule has 3 N–H and O–H groups in total. The van der Waals surface area contributed by atoms with Crippen molar-refractivity contribution in [2.24, 2.45) is 0 Å². The molecular weight excluding hydrogens is 253 g/mol. The number of hydrogen-bond acceptors (Lipinski definition) is 4. The summed E-state index contributed by atoms with van der Waals surface area (Å²) in [5, 5.41) is 10.0. The van der Waals surface area contributed by atoms with Gasteiger partial charge in [-0.3, -0.25) is 0 Å². The Balaban J connectivity index is 2.41. The highest BCUT2D eigenvalue weighted by atomic mass is 32.1. The fourth-order valence-corrected chi connectivity index (χ4v) is 2.02. The smallest absolute Gasteiger partial charge is 0.194 e. The van der Waals surface area contributed by atoms with E-state index in [1.54, 1.807) is 0 Å². The number of anilines is 1. The lowest BCUT2D eigenvalue weighted by Crippen LogP contribution is -2.01. The Labute approximate surface area is 98.3 Å². The molecule has 7 heteroatoms. The predicted molar refractivity (Wildman–Crippen MR) is 56.9 cm³/mol. The summed E-state index contributed by atoms with van der Waals surface area (Å²) in [5.74, 6) is -4.27. The highest BCUT2D eigenvalue weighted by molar-refractivity contribution is 7.15. The zero-order chi connectivity index (χ0) is 12.6. The molecule has 0 bridgehead atoms. The standard InChI is InChI=1S/C10H7F3N2OS/c11-5-1-4(2-6(12)8(5)13)9(16)7-3-15-10(14)17-7/h1-3,9,16H,(H2,14,15). The van der Waals surface area contributed by atoms with Gasteiger partial charge in [-0.1, -0.05) is 11.3 Å². The number of nitrogens with two attached hydrogens (primary N) is 1. The SMILES string of the molecule is Nc1ncc(C(O)c2cc(F)c(F)c(F)c2)s1. The minimum atomic E-state index is -1.57. The van der Waals surface area contributed by atoms with Gasteiger partial charge in [-0.2, -0.15) is 0 Å². The van der Waals surface area contributed by atoms with Crippen molar-refractivity contribution in [1.82, 2.24) is 4.98 Å². The van der Waals surface area contributed by atoms with Gasteiger partial charge < -0.3 is 10.8 Å². The van der Waals surface area contributed by atoms with Crippen molar-refractivity contribution in [2.45, 2.75) is 6.10 Å². The average molecular weight is 260 g/mol. The summed E-state index contributed by atoms with van der Waals surface area (Å²) in [4.78, 5) is 4.03. The lowest BCUT2D eigenvalue weighted by Gasteiger charge is -2.09. The van der Waals surface area contributed by atoms with E-state index >= 15 is 0 Å². The molecule has 1 atom stereocenters. The Bertz CT molecular complexity index is 535. The first-order valence-corrected chi connectivity index (χ1v) is 5.34.